The summed E-state index contributed by atoms with van der Waals surface area (Å²) >= 11 is 0. The molecule has 10 heteroatoms. The minimum Gasteiger partial charge on any atom is -0.315 e. The molecule has 0 fully saturated rings. The average Bonchev–Trinajstić information content (AvgIpc) is 3.57. The second-order valence-electron chi connectivity index (χ2n) is 12.4. The highest BCUT2D eigenvalue weighted by molar-refractivity contribution is 5.13. The summed E-state index contributed by atoms with van der Waals surface area (Å²) in [5.74, 6) is 0. The Morgan fingerprint density at radius 1 is 0.694 bits per heavy atom. The van der Waals surface area contributed by atoms with Gasteiger partial charge in [0.05, 0.1) is 17.3 Å². The Labute approximate surface area is 216 Å². The van der Waals surface area contributed by atoms with Gasteiger partial charge in [0.2, 0.25) is 0 Å². The highest BCUT2D eigenvalue weighted by Gasteiger charge is 2.14. The predicted molar refractivity (Wildman–Crippen MR) is 145 cm³/mol. The molecule has 0 aliphatic rings. The van der Waals surface area contributed by atoms with Crippen molar-refractivity contribution in [2.75, 3.05) is 0 Å². The van der Waals surface area contributed by atoms with Gasteiger partial charge >= 0.3 is 0 Å². The van der Waals surface area contributed by atoms with Crippen molar-refractivity contribution < 1.29 is 0 Å². The Morgan fingerprint density at radius 3 is 1.50 bits per heavy atom. The number of hydrogen-bond acceptors (Lipinski definition) is 6. The third-order valence-corrected chi connectivity index (χ3v) is 4.86. The second kappa shape index (κ2) is 12.6. The molecule has 4 rings (SSSR count). The number of aromatic nitrogens is 10. The highest BCUT2D eigenvalue weighted by Crippen LogP contribution is 2.19. The van der Waals surface area contributed by atoms with Crippen molar-refractivity contribution in [3.63, 3.8) is 0 Å². The number of rotatable bonds is 0. The third kappa shape index (κ3) is 11.4. The summed E-state index contributed by atoms with van der Waals surface area (Å²) in [5, 5.41) is 22.2. The monoisotopic (exact) mass is 498 g/mol. The molecule has 0 radical (unpaired) electrons. The van der Waals surface area contributed by atoms with Gasteiger partial charge in [-0.2, -0.15) is 15.3 Å². The first-order valence-corrected chi connectivity index (χ1v) is 12.1. The molecule has 0 saturated heterocycles. The quantitative estimate of drug-likeness (QED) is 0.347. The van der Waals surface area contributed by atoms with Crippen LogP contribution < -0.4 is 0 Å². The van der Waals surface area contributed by atoms with Gasteiger partial charge in [0.1, 0.15) is 25.3 Å². The lowest BCUT2D eigenvalue weighted by molar-refractivity contribution is 0.354. The van der Waals surface area contributed by atoms with Crippen LogP contribution in [0.25, 0.3) is 0 Å². The van der Waals surface area contributed by atoms with Crippen LogP contribution in [-0.2, 0) is 22.0 Å². The van der Waals surface area contributed by atoms with Gasteiger partial charge in [0.25, 0.3) is 0 Å². The van der Waals surface area contributed by atoms with Gasteiger partial charge in [-0.3, -0.25) is 9.78 Å². The molecule has 4 aromatic rings. The zero-order chi connectivity index (χ0) is 27.6. The number of nitrogens with one attached hydrogen (secondary N) is 1. The van der Waals surface area contributed by atoms with Crippen LogP contribution in [0, 0.1) is 0 Å². The van der Waals surface area contributed by atoms with E-state index in [-0.39, 0.29) is 22.0 Å². The lowest BCUT2D eigenvalue weighted by Gasteiger charge is -2.18. The topological polar surface area (TPSA) is 108 Å². The summed E-state index contributed by atoms with van der Waals surface area (Å²) in [4.78, 5) is 3.84. The van der Waals surface area contributed by atoms with Crippen molar-refractivity contribution in [1.82, 2.24) is 49.5 Å². The van der Waals surface area contributed by atoms with Crippen LogP contribution in [0.4, 0.5) is 0 Å². The first-order valence-electron chi connectivity index (χ1n) is 12.1. The fourth-order valence-electron chi connectivity index (χ4n) is 2.43. The highest BCUT2D eigenvalue weighted by atomic mass is 15.3. The lowest BCUT2D eigenvalue weighted by Crippen LogP contribution is -2.21. The summed E-state index contributed by atoms with van der Waals surface area (Å²) < 4.78 is 5.73. The minimum atomic E-state index is 0.0660. The molecule has 0 spiro atoms. The summed E-state index contributed by atoms with van der Waals surface area (Å²) in [6.07, 6.45) is 14.3. The largest absolute Gasteiger partial charge is 0.315 e. The molecule has 0 saturated carbocycles. The number of aromatic amines is 1. The fourth-order valence-corrected chi connectivity index (χ4v) is 2.43. The van der Waals surface area contributed by atoms with Crippen molar-refractivity contribution >= 4 is 0 Å². The molecule has 0 aliphatic heterocycles. The molecule has 36 heavy (non-hydrogen) atoms. The fraction of sp³-hybridized carbons (Fsp3) is 0.615. The predicted octanol–water partition coefficient (Wildman–Crippen LogP) is 5.41. The van der Waals surface area contributed by atoms with E-state index >= 15 is 0 Å². The van der Waals surface area contributed by atoms with Gasteiger partial charge in [-0.1, -0.05) is 20.8 Å². The third-order valence-electron chi connectivity index (χ3n) is 4.86. The minimum absolute atomic E-state index is 0.0660. The molecule has 4 heterocycles. The molecule has 200 valence electrons. The average molecular weight is 499 g/mol. The van der Waals surface area contributed by atoms with Crippen LogP contribution in [0.1, 0.15) is 88.6 Å². The van der Waals surface area contributed by atoms with Crippen LogP contribution in [0.15, 0.2) is 56.2 Å². The lowest BCUT2D eigenvalue weighted by atomic mass is 9.90. The Hall–Kier alpha value is -3.30. The summed E-state index contributed by atoms with van der Waals surface area (Å²) in [6, 6.07) is 1.94. The standard InChI is InChI=1S/2C7H12N2.2C6H11N3/c1-7(2,3)6-4-8-9-5-6;1-7(2,3)9-6-4-5-8-9;1-6(2,3)9-4-7-8-5-9;1-6(2,3)9-5-7-4-8-9/h4-5H,1-3H3,(H,8,9);4-6H,1-3H3;2*4-5H,1-3H3. The molecular weight excluding hydrogens is 452 g/mol. The maximum absolute atomic E-state index is 4.10. The number of nitrogens with zero attached hydrogens (tertiary/aromatic N) is 9. The van der Waals surface area contributed by atoms with E-state index in [1.807, 2.05) is 38.6 Å². The van der Waals surface area contributed by atoms with Gasteiger partial charge in [-0.15, -0.1) is 10.2 Å². The SMILES string of the molecule is CC(C)(C)c1cn[nH]c1.CC(C)(C)n1cccn1.CC(C)(C)n1cncn1.CC(C)(C)n1cnnc1. The molecule has 4 aromatic heterocycles. The molecule has 0 atom stereocenters. The van der Waals surface area contributed by atoms with E-state index in [9.17, 15) is 0 Å². The van der Waals surface area contributed by atoms with Crippen molar-refractivity contribution in [3.05, 3.63) is 61.7 Å². The molecule has 0 amide bonds. The van der Waals surface area contributed by atoms with Gasteiger partial charge in [0, 0.05) is 24.1 Å². The van der Waals surface area contributed by atoms with E-state index in [0.717, 1.165) is 0 Å². The van der Waals surface area contributed by atoms with Crippen molar-refractivity contribution in [3.8, 4) is 0 Å². The van der Waals surface area contributed by atoms with E-state index in [1.54, 1.807) is 31.5 Å². The zero-order valence-corrected chi connectivity index (χ0v) is 24.2. The summed E-state index contributed by atoms with van der Waals surface area (Å²) in [5.41, 5.74) is 1.79. The van der Waals surface area contributed by atoms with Crippen LogP contribution in [-0.4, -0.2) is 49.5 Å². The molecular formula is C26H46N10. The molecule has 10 nitrogen and oxygen atoms in total. The molecule has 0 aromatic carbocycles. The van der Waals surface area contributed by atoms with E-state index in [0.29, 0.717) is 0 Å². The molecule has 0 unspecified atom stereocenters. The van der Waals surface area contributed by atoms with Crippen LogP contribution in [0.2, 0.25) is 0 Å². The normalized spacial score (nSPS) is 11.9. The van der Waals surface area contributed by atoms with E-state index < -0.39 is 0 Å². The van der Waals surface area contributed by atoms with E-state index in [1.165, 1.54) is 5.56 Å². The van der Waals surface area contributed by atoms with Crippen molar-refractivity contribution in [2.45, 2.75) is 105 Å². The van der Waals surface area contributed by atoms with Crippen LogP contribution in [0.3, 0.4) is 0 Å². The van der Waals surface area contributed by atoms with E-state index in [2.05, 4.69) is 119 Å². The Morgan fingerprint density at radius 2 is 1.28 bits per heavy atom. The maximum Gasteiger partial charge on any atom is 0.137 e. The maximum atomic E-state index is 4.10. The van der Waals surface area contributed by atoms with Crippen molar-refractivity contribution in [2.24, 2.45) is 0 Å². The van der Waals surface area contributed by atoms with E-state index in [4.69, 9.17) is 0 Å². The Kier molecular flexibility index (Phi) is 10.8. The first-order chi connectivity index (χ1) is 16.4. The van der Waals surface area contributed by atoms with Gasteiger partial charge < -0.3 is 4.57 Å². The second-order valence-corrected chi connectivity index (χ2v) is 12.4. The zero-order valence-electron chi connectivity index (χ0n) is 24.2. The van der Waals surface area contributed by atoms with Gasteiger partial charge in [-0.05, 0) is 79.4 Å². The molecule has 0 aliphatic carbocycles. The molecule has 1 N–H and O–H groups in total. The van der Waals surface area contributed by atoms with Crippen molar-refractivity contribution in [1.29, 1.82) is 0 Å². The Balaban J connectivity index is 0.000000240. The number of H-pyrrole nitrogens is 1. The first kappa shape index (κ1) is 30.7. The summed E-state index contributed by atoms with van der Waals surface area (Å²) in [7, 11) is 0. The Bertz CT molecular complexity index is 857. The van der Waals surface area contributed by atoms with Crippen LogP contribution >= 0.6 is 0 Å². The summed E-state index contributed by atoms with van der Waals surface area (Å²) in [6.45, 7) is 25.4. The van der Waals surface area contributed by atoms with Gasteiger partial charge in [0.15, 0.2) is 0 Å². The van der Waals surface area contributed by atoms with Crippen LogP contribution in [0.5, 0.6) is 0 Å². The molecule has 0 bridgehead atoms. The van der Waals surface area contributed by atoms with Gasteiger partial charge in [-0.25, -0.2) is 9.67 Å². The smallest absolute Gasteiger partial charge is 0.137 e. The number of hydrogen-bond donors (Lipinski definition) is 1.